The van der Waals surface area contributed by atoms with Gasteiger partial charge in [0.15, 0.2) is 0 Å². The maximum atomic E-state index is 3.30. The van der Waals surface area contributed by atoms with Gasteiger partial charge in [-0.1, -0.05) is 20.3 Å². The van der Waals surface area contributed by atoms with E-state index in [0.717, 1.165) is 12.4 Å². The van der Waals surface area contributed by atoms with Gasteiger partial charge in [0, 0.05) is 0 Å². The fourth-order valence-electron chi connectivity index (χ4n) is 0.535. The van der Waals surface area contributed by atoms with E-state index in [-0.39, 0.29) is 0 Å². The van der Waals surface area contributed by atoms with Crippen molar-refractivity contribution in [2.45, 2.75) is 20.3 Å². The molecule has 0 bridgehead atoms. The number of hydrogen-bond donors (Lipinski definition) is 1. The van der Waals surface area contributed by atoms with Crippen LogP contribution in [0.2, 0.25) is 0 Å². The van der Waals surface area contributed by atoms with E-state index in [2.05, 4.69) is 27.0 Å². The van der Waals surface area contributed by atoms with E-state index in [0.29, 0.717) is 0 Å². The molecule has 0 saturated carbocycles. The van der Waals surface area contributed by atoms with E-state index in [9.17, 15) is 0 Å². The summed E-state index contributed by atoms with van der Waals surface area (Å²) in [7, 11) is 2.14. The highest BCUT2D eigenvalue weighted by molar-refractivity contribution is 6.08. The zero-order valence-electron chi connectivity index (χ0n) is 6.20. The molecule has 1 N–H and O–H groups in total. The van der Waals surface area contributed by atoms with Gasteiger partial charge in [0.25, 0.3) is 0 Å². The molecule has 0 spiro atoms. The molecule has 1 atom stereocenters. The minimum Gasteiger partial charge on any atom is -0.324 e. The SMILES string of the molecule is BCNCC(C)CC. The molecule has 0 saturated heterocycles. The van der Waals surface area contributed by atoms with E-state index in [1.807, 2.05) is 0 Å². The summed E-state index contributed by atoms with van der Waals surface area (Å²) in [6.45, 7) is 5.66. The molecule has 0 aromatic heterocycles. The summed E-state index contributed by atoms with van der Waals surface area (Å²) in [6.07, 6.45) is 2.39. The Balaban J connectivity index is 2.86. The quantitative estimate of drug-likeness (QED) is 0.514. The zero-order chi connectivity index (χ0) is 6.41. The molecule has 1 unspecified atom stereocenters. The second-order valence-electron chi connectivity index (χ2n) is 2.32. The molecule has 0 heterocycles. The molecule has 0 aliphatic heterocycles. The van der Waals surface area contributed by atoms with Crippen LogP contribution in [0.15, 0.2) is 0 Å². The van der Waals surface area contributed by atoms with Gasteiger partial charge in [-0.05, 0) is 18.9 Å². The van der Waals surface area contributed by atoms with Crippen molar-refractivity contribution in [3.8, 4) is 0 Å². The standard InChI is InChI=1S/C6H16BN/c1-3-6(2)4-8-5-7/h6,8H,3-5,7H2,1-2H3. The van der Waals surface area contributed by atoms with Crippen molar-refractivity contribution in [3.05, 3.63) is 0 Å². The first-order valence-electron chi connectivity index (χ1n) is 3.52. The molecule has 0 rings (SSSR count). The van der Waals surface area contributed by atoms with Crippen molar-refractivity contribution in [1.29, 1.82) is 0 Å². The first-order chi connectivity index (χ1) is 3.81. The van der Waals surface area contributed by atoms with Crippen LogP contribution < -0.4 is 5.32 Å². The number of hydrogen-bond acceptors (Lipinski definition) is 1. The van der Waals surface area contributed by atoms with Crippen LogP contribution in [-0.4, -0.2) is 20.8 Å². The summed E-state index contributed by atoms with van der Waals surface area (Å²) in [4.78, 5) is 0. The van der Waals surface area contributed by atoms with Crippen molar-refractivity contribution < 1.29 is 0 Å². The summed E-state index contributed by atoms with van der Waals surface area (Å²) < 4.78 is 0. The molecule has 0 aromatic carbocycles. The highest BCUT2D eigenvalue weighted by Gasteiger charge is 1.93. The van der Waals surface area contributed by atoms with Crippen LogP contribution >= 0.6 is 0 Å². The number of nitrogens with one attached hydrogen (secondary N) is 1. The van der Waals surface area contributed by atoms with Crippen LogP contribution in [0.25, 0.3) is 0 Å². The van der Waals surface area contributed by atoms with Crippen LogP contribution in [0.1, 0.15) is 20.3 Å². The summed E-state index contributed by atoms with van der Waals surface area (Å²) in [5.41, 5.74) is 0. The normalized spacial score (nSPS) is 13.8. The molecule has 0 aliphatic carbocycles. The Morgan fingerprint density at radius 3 is 2.62 bits per heavy atom. The second-order valence-corrected chi connectivity index (χ2v) is 2.32. The molecule has 0 amide bonds. The lowest BCUT2D eigenvalue weighted by atomic mass is 10.1. The summed E-state index contributed by atoms with van der Waals surface area (Å²) in [5, 5.41) is 3.30. The fraction of sp³-hybridized carbons (Fsp3) is 1.00. The van der Waals surface area contributed by atoms with Crippen molar-refractivity contribution in [1.82, 2.24) is 5.32 Å². The summed E-state index contributed by atoms with van der Waals surface area (Å²) in [6, 6.07) is 0. The molecule has 0 fully saturated rings. The van der Waals surface area contributed by atoms with Crippen LogP contribution in [0.4, 0.5) is 0 Å². The molecule has 2 heteroatoms. The second kappa shape index (κ2) is 5.17. The van der Waals surface area contributed by atoms with E-state index in [1.54, 1.807) is 0 Å². The Bertz CT molecular complexity index is 47.8. The third-order valence-corrected chi connectivity index (χ3v) is 1.44. The van der Waals surface area contributed by atoms with Gasteiger partial charge < -0.3 is 5.32 Å². The first kappa shape index (κ1) is 8.02. The van der Waals surface area contributed by atoms with Crippen molar-refractivity contribution in [3.63, 3.8) is 0 Å². The summed E-state index contributed by atoms with van der Waals surface area (Å²) >= 11 is 0. The molecule has 0 aromatic rings. The number of rotatable bonds is 4. The molecule has 0 aliphatic rings. The highest BCUT2D eigenvalue weighted by atomic mass is 14.8. The van der Waals surface area contributed by atoms with Crippen LogP contribution in [0.3, 0.4) is 0 Å². The van der Waals surface area contributed by atoms with Gasteiger partial charge in [-0.3, -0.25) is 0 Å². The molecule has 1 nitrogen and oxygen atoms in total. The Hall–Kier alpha value is 0.0249. The fourth-order valence-corrected chi connectivity index (χ4v) is 0.535. The van der Waals surface area contributed by atoms with E-state index in [4.69, 9.17) is 0 Å². The van der Waals surface area contributed by atoms with E-state index < -0.39 is 0 Å². The van der Waals surface area contributed by atoms with E-state index in [1.165, 1.54) is 13.0 Å². The van der Waals surface area contributed by atoms with Crippen LogP contribution in [0.5, 0.6) is 0 Å². The maximum absolute atomic E-state index is 3.30. The third-order valence-electron chi connectivity index (χ3n) is 1.44. The first-order valence-corrected chi connectivity index (χ1v) is 3.52. The minimum atomic E-state index is 0.843. The van der Waals surface area contributed by atoms with Gasteiger partial charge >= 0.3 is 0 Å². The molecule has 48 valence electrons. The van der Waals surface area contributed by atoms with Gasteiger partial charge in [-0.2, -0.15) is 0 Å². The average molecular weight is 113 g/mol. The maximum Gasteiger partial charge on any atom is 0.119 e. The molecule has 0 radical (unpaired) electrons. The Kier molecular flexibility index (Phi) is 5.18. The highest BCUT2D eigenvalue weighted by Crippen LogP contribution is 1.95. The lowest BCUT2D eigenvalue weighted by Crippen LogP contribution is -2.21. The van der Waals surface area contributed by atoms with Crippen molar-refractivity contribution in [2.75, 3.05) is 13.0 Å². The van der Waals surface area contributed by atoms with Gasteiger partial charge in [0.1, 0.15) is 7.85 Å². The van der Waals surface area contributed by atoms with Crippen molar-refractivity contribution >= 4 is 7.85 Å². The lowest BCUT2D eigenvalue weighted by molar-refractivity contribution is 0.522. The Morgan fingerprint density at radius 2 is 2.25 bits per heavy atom. The molecular weight excluding hydrogens is 96.9 g/mol. The average Bonchev–Trinajstić information content (AvgIpc) is 1.83. The Morgan fingerprint density at radius 1 is 1.62 bits per heavy atom. The predicted molar refractivity (Wildman–Crippen MR) is 40.9 cm³/mol. The van der Waals surface area contributed by atoms with E-state index >= 15 is 0 Å². The Labute approximate surface area is 53.3 Å². The van der Waals surface area contributed by atoms with Crippen LogP contribution in [0, 0.1) is 5.92 Å². The molecule has 8 heavy (non-hydrogen) atoms. The van der Waals surface area contributed by atoms with Crippen molar-refractivity contribution in [2.24, 2.45) is 5.92 Å². The van der Waals surface area contributed by atoms with Crippen LogP contribution in [-0.2, 0) is 0 Å². The largest absolute Gasteiger partial charge is 0.324 e. The van der Waals surface area contributed by atoms with Gasteiger partial charge in [-0.25, -0.2) is 0 Å². The minimum absolute atomic E-state index is 0.843. The lowest BCUT2D eigenvalue weighted by Gasteiger charge is -2.06. The van der Waals surface area contributed by atoms with Gasteiger partial charge in [0.05, 0.1) is 0 Å². The smallest absolute Gasteiger partial charge is 0.119 e. The topological polar surface area (TPSA) is 12.0 Å². The molecular formula is C6H16BN. The van der Waals surface area contributed by atoms with Gasteiger partial charge in [0.2, 0.25) is 0 Å². The third kappa shape index (κ3) is 4.19. The summed E-state index contributed by atoms with van der Waals surface area (Å²) in [5.74, 6) is 0.843. The van der Waals surface area contributed by atoms with Gasteiger partial charge in [-0.15, -0.1) is 0 Å². The predicted octanol–water partition coefficient (Wildman–Crippen LogP) is 0.213. The zero-order valence-corrected chi connectivity index (χ0v) is 6.20. The monoisotopic (exact) mass is 113 g/mol.